The first-order valence-electron chi connectivity index (χ1n) is 2.62. The van der Waals surface area contributed by atoms with Gasteiger partial charge in [0.05, 0.1) is 0 Å². The molecule has 0 aromatic carbocycles. The Balaban J connectivity index is 3.03. The van der Waals surface area contributed by atoms with Crippen molar-refractivity contribution in [3.05, 3.63) is 23.8 Å². The average Bonchev–Trinajstić information content (AvgIpc) is 1.94. The van der Waals surface area contributed by atoms with Crippen LogP contribution in [0.2, 0.25) is 0 Å². The molecule has 0 saturated carbocycles. The lowest BCUT2D eigenvalue weighted by molar-refractivity contribution is -0.114. The highest BCUT2D eigenvalue weighted by Gasteiger charge is 2.11. The molecule has 0 heterocycles. The molecule has 0 aromatic rings. The van der Waals surface area contributed by atoms with Crippen LogP contribution in [-0.4, -0.2) is 11.6 Å². The first-order valence-corrected chi connectivity index (χ1v) is 2.62. The van der Waals surface area contributed by atoms with Gasteiger partial charge >= 0.3 is 0 Å². The van der Waals surface area contributed by atoms with E-state index in [-0.39, 0.29) is 11.4 Å². The van der Waals surface area contributed by atoms with Crippen molar-refractivity contribution in [3.8, 4) is 6.07 Å². The third-order valence-corrected chi connectivity index (χ3v) is 1.07. The summed E-state index contributed by atoms with van der Waals surface area (Å²) in [6.45, 7) is 0. The van der Waals surface area contributed by atoms with Gasteiger partial charge in [0.2, 0.25) is 0 Å². The number of nitrogens with zero attached hydrogens (tertiary/aromatic N) is 1. The Labute approximate surface area is 57.3 Å². The highest BCUT2D eigenvalue weighted by Crippen LogP contribution is 2.02. The second-order valence-corrected chi connectivity index (χ2v) is 1.77. The number of carbonyl (C=O) groups is 2. The van der Waals surface area contributed by atoms with Crippen LogP contribution < -0.4 is 0 Å². The van der Waals surface area contributed by atoms with Gasteiger partial charge in [0.25, 0.3) is 0 Å². The molecule has 1 aliphatic carbocycles. The summed E-state index contributed by atoms with van der Waals surface area (Å²) in [5.74, 6) is -0.710. The van der Waals surface area contributed by atoms with Gasteiger partial charge in [0, 0.05) is 6.08 Å². The summed E-state index contributed by atoms with van der Waals surface area (Å²) in [6.07, 6.45) is 3.27. The van der Waals surface area contributed by atoms with E-state index >= 15 is 0 Å². The molecule has 48 valence electrons. The molecule has 0 saturated heterocycles. The molecule has 0 fully saturated rings. The Bertz CT molecular complexity index is 291. The van der Waals surface area contributed by atoms with E-state index in [1.165, 1.54) is 0 Å². The summed E-state index contributed by atoms with van der Waals surface area (Å²) < 4.78 is 0. The fourth-order valence-corrected chi connectivity index (χ4v) is 0.596. The van der Waals surface area contributed by atoms with Gasteiger partial charge in [-0.3, -0.25) is 9.59 Å². The minimum Gasteiger partial charge on any atom is -0.290 e. The summed E-state index contributed by atoms with van der Waals surface area (Å²) in [7, 11) is 0. The first kappa shape index (κ1) is 6.43. The largest absolute Gasteiger partial charge is 0.290 e. The Hall–Kier alpha value is -1.69. The van der Waals surface area contributed by atoms with Crippen LogP contribution in [0.25, 0.3) is 0 Å². The van der Waals surface area contributed by atoms with E-state index in [9.17, 15) is 9.59 Å². The summed E-state index contributed by atoms with van der Waals surface area (Å²) in [6, 6.07) is 1.62. The molecular formula is C7H3NO2. The number of nitriles is 1. The van der Waals surface area contributed by atoms with E-state index in [4.69, 9.17) is 5.26 Å². The van der Waals surface area contributed by atoms with E-state index in [0.717, 1.165) is 18.2 Å². The topological polar surface area (TPSA) is 57.9 Å². The minimum atomic E-state index is -0.401. The smallest absolute Gasteiger partial charge is 0.196 e. The van der Waals surface area contributed by atoms with Gasteiger partial charge in [-0.15, -0.1) is 0 Å². The van der Waals surface area contributed by atoms with Crippen LogP contribution in [0.15, 0.2) is 23.8 Å². The quantitative estimate of drug-likeness (QED) is 0.442. The van der Waals surface area contributed by atoms with Gasteiger partial charge in [0.1, 0.15) is 11.6 Å². The molecule has 10 heavy (non-hydrogen) atoms. The molecule has 0 aromatic heterocycles. The molecule has 0 amide bonds. The molecule has 0 spiro atoms. The molecule has 0 atom stereocenters. The SMILES string of the molecule is N#CC1=CC(=O)C=CC1=O. The molecule has 1 aliphatic rings. The van der Waals surface area contributed by atoms with E-state index < -0.39 is 5.78 Å². The van der Waals surface area contributed by atoms with E-state index in [2.05, 4.69) is 0 Å². The van der Waals surface area contributed by atoms with Crippen molar-refractivity contribution in [1.29, 1.82) is 5.26 Å². The van der Waals surface area contributed by atoms with E-state index in [1.54, 1.807) is 6.07 Å². The zero-order valence-electron chi connectivity index (χ0n) is 5.00. The van der Waals surface area contributed by atoms with Gasteiger partial charge in [-0.05, 0) is 12.2 Å². The lowest BCUT2D eigenvalue weighted by Gasteiger charge is -1.94. The summed E-state index contributed by atoms with van der Waals surface area (Å²) in [4.78, 5) is 21.2. The Morgan fingerprint density at radius 2 is 2.00 bits per heavy atom. The van der Waals surface area contributed by atoms with Crippen molar-refractivity contribution < 1.29 is 9.59 Å². The highest BCUT2D eigenvalue weighted by atomic mass is 16.1. The van der Waals surface area contributed by atoms with Crippen molar-refractivity contribution in [1.82, 2.24) is 0 Å². The van der Waals surface area contributed by atoms with E-state index in [1.807, 2.05) is 0 Å². The van der Waals surface area contributed by atoms with Crippen molar-refractivity contribution in [2.75, 3.05) is 0 Å². The molecular weight excluding hydrogens is 130 g/mol. The fourth-order valence-electron chi connectivity index (χ4n) is 0.596. The van der Waals surface area contributed by atoms with Crippen LogP contribution in [0, 0.1) is 11.3 Å². The third kappa shape index (κ3) is 1.00. The zero-order chi connectivity index (χ0) is 7.56. The second kappa shape index (κ2) is 2.28. The normalized spacial score (nSPS) is 16.5. The predicted octanol–water partition coefficient (Wildman–Crippen LogP) is 0.144. The number of rotatable bonds is 0. The van der Waals surface area contributed by atoms with Gasteiger partial charge in [-0.25, -0.2) is 0 Å². The Morgan fingerprint density at radius 3 is 2.50 bits per heavy atom. The number of hydrogen-bond donors (Lipinski definition) is 0. The maximum atomic E-state index is 10.6. The second-order valence-electron chi connectivity index (χ2n) is 1.77. The van der Waals surface area contributed by atoms with Crippen molar-refractivity contribution >= 4 is 11.6 Å². The van der Waals surface area contributed by atoms with Crippen molar-refractivity contribution in [2.45, 2.75) is 0 Å². The summed E-state index contributed by atoms with van der Waals surface area (Å²) >= 11 is 0. The molecule has 0 bridgehead atoms. The molecule has 0 unspecified atom stereocenters. The number of hydrogen-bond acceptors (Lipinski definition) is 3. The highest BCUT2D eigenvalue weighted by molar-refractivity contribution is 6.19. The molecule has 0 aliphatic heterocycles. The maximum Gasteiger partial charge on any atom is 0.196 e. The van der Waals surface area contributed by atoms with Crippen molar-refractivity contribution in [2.24, 2.45) is 0 Å². The first-order chi connectivity index (χ1) is 4.74. The average molecular weight is 133 g/mol. The predicted molar refractivity (Wildman–Crippen MR) is 32.8 cm³/mol. The molecule has 3 heteroatoms. The van der Waals surface area contributed by atoms with Gasteiger partial charge in [-0.1, -0.05) is 0 Å². The standard InChI is InChI=1S/C7H3NO2/c8-4-5-3-6(9)1-2-7(5)10/h1-3H. The Kier molecular flexibility index (Phi) is 1.46. The number of ketones is 2. The molecule has 0 radical (unpaired) electrons. The minimum absolute atomic E-state index is 0.0903. The summed E-state index contributed by atoms with van der Waals surface area (Å²) in [5.41, 5.74) is -0.0903. The van der Waals surface area contributed by atoms with Crippen LogP contribution in [0.4, 0.5) is 0 Å². The Morgan fingerprint density at radius 1 is 1.30 bits per heavy atom. The van der Waals surface area contributed by atoms with Crippen molar-refractivity contribution in [3.63, 3.8) is 0 Å². The molecule has 0 N–H and O–H groups in total. The van der Waals surface area contributed by atoms with Gasteiger partial charge < -0.3 is 0 Å². The van der Waals surface area contributed by atoms with Gasteiger partial charge in [-0.2, -0.15) is 5.26 Å². The van der Waals surface area contributed by atoms with Crippen LogP contribution in [0.3, 0.4) is 0 Å². The van der Waals surface area contributed by atoms with E-state index in [0.29, 0.717) is 0 Å². The lowest BCUT2D eigenvalue weighted by Crippen LogP contribution is -2.05. The monoisotopic (exact) mass is 133 g/mol. The van der Waals surface area contributed by atoms with Gasteiger partial charge in [0.15, 0.2) is 11.6 Å². The lowest BCUT2D eigenvalue weighted by atomic mass is 10.1. The maximum absolute atomic E-state index is 10.6. The number of allylic oxidation sites excluding steroid dienone is 4. The van der Waals surface area contributed by atoms with Crippen LogP contribution in [-0.2, 0) is 9.59 Å². The fraction of sp³-hybridized carbons (Fsp3) is 0. The third-order valence-electron chi connectivity index (χ3n) is 1.07. The molecule has 1 rings (SSSR count). The zero-order valence-corrected chi connectivity index (χ0v) is 5.00. The number of carbonyl (C=O) groups excluding carboxylic acids is 2. The molecule has 3 nitrogen and oxygen atoms in total. The van der Waals surface area contributed by atoms with Crippen LogP contribution in [0.5, 0.6) is 0 Å². The van der Waals surface area contributed by atoms with Crippen LogP contribution >= 0.6 is 0 Å². The van der Waals surface area contributed by atoms with Crippen LogP contribution in [0.1, 0.15) is 0 Å². The summed E-state index contributed by atoms with van der Waals surface area (Å²) in [5, 5.41) is 8.25.